The Morgan fingerprint density at radius 2 is 1.88 bits per heavy atom. The van der Waals surface area contributed by atoms with Gasteiger partial charge in [0, 0.05) is 37.6 Å². The topological polar surface area (TPSA) is 49.9 Å². The number of alkyl halides is 3. The lowest BCUT2D eigenvalue weighted by Crippen LogP contribution is -2.54. The highest BCUT2D eigenvalue weighted by molar-refractivity contribution is 7.87. The Bertz CT molecular complexity index is 582. The summed E-state index contributed by atoms with van der Waals surface area (Å²) in [6, 6.07) is 0.329. The molecule has 0 aromatic rings. The normalized spacial score (nSPS) is 25.4. The van der Waals surface area contributed by atoms with Gasteiger partial charge >= 0.3 is 15.6 Å². The highest BCUT2D eigenvalue weighted by Crippen LogP contribution is 2.29. The molecule has 2 rings (SSSR count). The van der Waals surface area contributed by atoms with Gasteiger partial charge in [-0.3, -0.25) is 9.80 Å². The third-order valence-corrected chi connectivity index (χ3v) is 5.56. The summed E-state index contributed by atoms with van der Waals surface area (Å²) in [5.74, 6) is -0.118. The Hall–Kier alpha value is -0.800. The van der Waals surface area contributed by atoms with Crippen LogP contribution in [0.3, 0.4) is 0 Å². The third kappa shape index (κ3) is 4.64. The molecule has 0 amide bonds. The van der Waals surface area contributed by atoms with Crippen LogP contribution in [0.5, 0.6) is 0 Å². The molecule has 0 radical (unpaired) electrons. The maximum Gasteiger partial charge on any atom is 0.534 e. The van der Waals surface area contributed by atoms with E-state index >= 15 is 0 Å². The van der Waals surface area contributed by atoms with Gasteiger partial charge in [-0.1, -0.05) is 0 Å². The summed E-state index contributed by atoms with van der Waals surface area (Å²) in [4.78, 5) is 4.59. The molecule has 2 aliphatic rings. The SMILES string of the molecule is CC(C)(C)N1CCC[C@H](N2CC=C(OS(=O)(=O)C(F)(F)F)CC2)C1. The summed E-state index contributed by atoms with van der Waals surface area (Å²) in [6.45, 7) is 9.36. The molecule has 9 heteroatoms. The molecule has 0 N–H and O–H groups in total. The maximum absolute atomic E-state index is 12.4. The first-order valence-corrected chi connectivity index (χ1v) is 9.50. The standard InChI is InChI=1S/C15H25F3N2O3S/c1-14(2,3)20-8-4-5-12(11-20)19-9-6-13(7-10-19)23-24(21,22)15(16,17)18/h6,12H,4-5,7-11H2,1-3H3/t12-/m0/s1. The van der Waals surface area contributed by atoms with Gasteiger partial charge in [0.15, 0.2) is 0 Å². The predicted octanol–water partition coefficient (Wildman–Crippen LogP) is 2.71. The van der Waals surface area contributed by atoms with Crippen LogP contribution in [-0.4, -0.2) is 61.5 Å². The monoisotopic (exact) mass is 370 g/mol. The van der Waals surface area contributed by atoms with Crippen molar-refractivity contribution in [3.8, 4) is 0 Å². The Kier molecular flexibility index (Phi) is 5.56. The zero-order chi connectivity index (χ0) is 18.2. The molecule has 1 atom stereocenters. The van der Waals surface area contributed by atoms with E-state index in [9.17, 15) is 21.6 Å². The maximum atomic E-state index is 12.4. The molecule has 0 aliphatic carbocycles. The summed E-state index contributed by atoms with van der Waals surface area (Å²) in [5, 5.41) is 0. The van der Waals surface area contributed by atoms with E-state index in [1.807, 2.05) is 0 Å². The number of hydrogen-bond donors (Lipinski definition) is 0. The van der Waals surface area contributed by atoms with Crippen LogP contribution in [0.4, 0.5) is 13.2 Å². The molecule has 24 heavy (non-hydrogen) atoms. The zero-order valence-corrected chi connectivity index (χ0v) is 15.1. The number of likely N-dealkylation sites (tertiary alicyclic amines) is 1. The Balaban J connectivity index is 1.95. The fraction of sp³-hybridized carbons (Fsp3) is 0.867. The number of nitrogens with zero attached hydrogens (tertiary/aromatic N) is 2. The smallest absolute Gasteiger partial charge is 0.381 e. The van der Waals surface area contributed by atoms with Crippen LogP contribution in [0.1, 0.15) is 40.0 Å². The van der Waals surface area contributed by atoms with Crippen LogP contribution in [0.15, 0.2) is 11.8 Å². The van der Waals surface area contributed by atoms with Crippen molar-refractivity contribution in [2.24, 2.45) is 0 Å². The van der Waals surface area contributed by atoms with E-state index in [0.717, 1.165) is 25.9 Å². The van der Waals surface area contributed by atoms with E-state index in [0.29, 0.717) is 19.1 Å². The largest absolute Gasteiger partial charge is 0.534 e. The molecule has 1 fully saturated rings. The van der Waals surface area contributed by atoms with E-state index in [1.165, 1.54) is 6.08 Å². The summed E-state index contributed by atoms with van der Waals surface area (Å²) in [7, 11) is -5.56. The van der Waals surface area contributed by atoms with Crippen molar-refractivity contribution in [2.45, 2.75) is 57.1 Å². The van der Waals surface area contributed by atoms with Crippen molar-refractivity contribution in [1.29, 1.82) is 0 Å². The lowest BCUT2D eigenvalue weighted by Gasteiger charge is -2.45. The summed E-state index contributed by atoms with van der Waals surface area (Å²) >= 11 is 0. The molecule has 0 saturated carbocycles. The fourth-order valence-electron chi connectivity index (χ4n) is 3.12. The van der Waals surface area contributed by atoms with Gasteiger partial charge in [-0.15, -0.1) is 0 Å². The van der Waals surface area contributed by atoms with Crippen LogP contribution in [-0.2, 0) is 14.3 Å². The average Bonchev–Trinajstić information content (AvgIpc) is 2.46. The van der Waals surface area contributed by atoms with E-state index < -0.39 is 15.6 Å². The quantitative estimate of drug-likeness (QED) is 0.565. The third-order valence-electron chi connectivity index (χ3n) is 4.56. The van der Waals surface area contributed by atoms with E-state index in [4.69, 9.17) is 0 Å². The van der Waals surface area contributed by atoms with Crippen molar-refractivity contribution in [2.75, 3.05) is 26.2 Å². The van der Waals surface area contributed by atoms with E-state index in [1.54, 1.807) is 0 Å². The van der Waals surface area contributed by atoms with Crippen molar-refractivity contribution in [3.63, 3.8) is 0 Å². The highest BCUT2D eigenvalue weighted by Gasteiger charge is 2.49. The lowest BCUT2D eigenvalue weighted by molar-refractivity contribution is -0.0526. The van der Waals surface area contributed by atoms with Crippen LogP contribution in [0.2, 0.25) is 0 Å². The molecule has 1 saturated heterocycles. The molecule has 0 bridgehead atoms. The van der Waals surface area contributed by atoms with Gasteiger partial charge in [0.2, 0.25) is 0 Å². The van der Waals surface area contributed by atoms with Crippen molar-refractivity contribution >= 4 is 10.1 Å². The first kappa shape index (κ1) is 19.5. The lowest BCUT2D eigenvalue weighted by atomic mass is 9.96. The molecule has 5 nitrogen and oxygen atoms in total. The summed E-state index contributed by atoms with van der Waals surface area (Å²) in [6.07, 6.45) is 3.73. The predicted molar refractivity (Wildman–Crippen MR) is 84.7 cm³/mol. The Morgan fingerprint density at radius 3 is 2.38 bits per heavy atom. The second-order valence-corrected chi connectivity index (χ2v) is 8.85. The van der Waals surface area contributed by atoms with Gasteiger partial charge < -0.3 is 4.18 Å². The average molecular weight is 370 g/mol. The molecule has 0 aromatic carbocycles. The molecule has 2 aliphatic heterocycles. The van der Waals surface area contributed by atoms with Gasteiger partial charge in [-0.05, 0) is 46.2 Å². The Morgan fingerprint density at radius 1 is 1.21 bits per heavy atom. The highest BCUT2D eigenvalue weighted by atomic mass is 32.2. The van der Waals surface area contributed by atoms with Crippen LogP contribution in [0.25, 0.3) is 0 Å². The second-order valence-electron chi connectivity index (χ2n) is 7.31. The van der Waals surface area contributed by atoms with E-state index in [-0.39, 0.29) is 17.7 Å². The van der Waals surface area contributed by atoms with Gasteiger partial charge in [-0.2, -0.15) is 21.6 Å². The molecule has 0 spiro atoms. The molecule has 140 valence electrons. The van der Waals surface area contributed by atoms with Crippen LogP contribution >= 0.6 is 0 Å². The first-order valence-electron chi connectivity index (χ1n) is 8.09. The van der Waals surface area contributed by atoms with Crippen LogP contribution in [0, 0.1) is 0 Å². The number of halogens is 3. The van der Waals surface area contributed by atoms with Gasteiger partial charge in [0.1, 0.15) is 5.76 Å². The van der Waals surface area contributed by atoms with Crippen molar-refractivity contribution < 1.29 is 25.8 Å². The summed E-state index contributed by atoms with van der Waals surface area (Å²) in [5.41, 5.74) is -5.30. The minimum Gasteiger partial charge on any atom is -0.381 e. The Labute approximate surface area is 141 Å². The van der Waals surface area contributed by atoms with Crippen molar-refractivity contribution in [3.05, 3.63) is 11.8 Å². The number of piperidine rings is 1. The number of rotatable bonds is 3. The van der Waals surface area contributed by atoms with Crippen molar-refractivity contribution in [1.82, 2.24) is 9.80 Å². The molecule has 2 heterocycles. The van der Waals surface area contributed by atoms with E-state index in [2.05, 4.69) is 34.8 Å². The molecular formula is C15H25F3N2O3S. The zero-order valence-electron chi connectivity index (χ0n) is 14.3. The minimum atomic E-state index is -5.56. The molecule has 0 aromatic heterocycles. The first-order chi connectivity index (χ1) is 10.9. The molecular weight excluding hydrogens is 345 g/mol. The fourth-order valence-corrected chi connectivity index (χ4v) is 3.65. The number of hydrogen-bond acceptors (Lipinski definition) is 5. The summed E-state index contributed by atoms with van der Waals surface area (Å²) < 4.78 is 63.4. The minimum absolute atomic E-state index is 0.0827. The van der Waals surface area contributed by atoms with Gasteiger partial charge in [0.05, 0.1) is 0 Å². The molecule has 0 unspecified atom stereocenters. The van der Waals surface area contributed by atoms with Crippen LogP contribution < -0.4 is 0 Å². The second kappa shape index (κ2) is 6.84. The van der Waals surface area contributed by atoms with Gasteiger partial charge in [-0.25, -0.2) is 0 Å². The van der Waals surface area contributed by atoms with Gasteiger partial charge in [0.25, 0.3) is 0 Å².